The predicted molar refractivity (Wildman–Crippen MR) is 87.7 cm³/mol. The SMILES string of the molecule is CCC(CC)C(=O)Nc1ccc(CC(=O)NCCOC)cc1. The molecule has 0 saturated carbocycles. The standard InChI is InChI=1S/C17H26N2O3/c1-4-14(5-2)17(21)19-15-8-6-13(7-9-15)12-16(20)18-10-11-22-3/h6-9,14H,4-5,10-12H2,1-3H3,(H,18,20)(H,19,21). The van der Waals surface area contributed by atoms with Crippen molar-refractivity contribution in [1.82, 2.24) is 5.32 Å². The topological polar surface area (TPSA) is 67.4 Å². The van der Waals surface area contributed by atoms with Gasteiger partial charge in [0, 0.05) is 25.3 Å². The summed E-state index contributed by atoms with van der Waals surface area (Å²) >= 11 is 0. The summed E-state index contributed by atoms with van der Waals surface area (Å²) in [6, 6.07) is 7.38. The van der Waals surface area contributed by atoms with Crippen molar-refractivity contribution in [1.29, 1.82) is 0 Å². The molecule has 22 heavy (non-hydrogen) atoms. The molecule has 0 aliphatic carbocycles. The van der Waals surface area contributed by atoms with Gasteiger partial charge in [-0.1, -0.05) is 26.0 Å². The van der Waals surface area contributed by atoms with E-state index in [0.717, 1.165) is 24.1 Å². The smallest absolute Gasteiger partial charge is 0.227 e. The second-order valence-electron chi connectivity index (χ2n) is 5.22. The monoisotopic (exact) mass is 306 g/mol. The Morgan fingerprint density at radius 1 is 1.14 bits per heavy atom. The summed E-state index contributed by atoms with van der Waals surface area (Å²) in [5, 5.41) is 5.69. The molecule has 5 nitrogen and oxygen atoms in total. The lowest BCUT2D eigenvalue weighted by Crippen LogP contribution is -2.28. The highest BCUT2D eigenvalue weighted by Gasteiger charge is 2.14. The maximum atomic E-state index is 12.0. The van der Waals surface area contributed by atoms with Gasteiger partial charge >= 0.3 is 0 Å². The molecular formula is C17H26N2O3. The van der Waals surface area contributed by atoms with Crippen LogP contribution in [0, 0.1) is 5.92 Å². The lowest BCUT2D eigenvalue weighted by molar-refractivity contribution is -0.121. The molecule has 1 aromatic rings. The van der Waals surface area contributed by atoms with Crippen LogP contribution >= 0.6 is 0 Å². The molecule has 0 aliphatic heterocycles. The summed E-state index contributed by atoms with van der Waals surface area (Å²) in [5.41, 5.74) is 1.68. The van der Waals surface area contributed by atoms with E-state index in [1.54, 1.807) is 7.11 Å². The molecule has 2 amide bonds. The summed E-state index contributed by atoms with van der Waals surface area (Å²) in [6.07, 6.45) is 1.99. The number of carbonyl (C=O) groups excluding carboxylic acids is 2. The first-order valence-corrected chi connectivity index (χ1v) is 7.76. The molecule has 122 valence electrons. The Balaban J connectivity index is 2.49. The molecule has 0 saturated heterocycles. The minimum atomic E-state index is -0.0362. The fourth-order valence-corrected chi connectivity index (χ4v) is 2.15. The molecule has 0 atom stereocenters. The van der Waals surface area contributed by atoms with E-state index in [4.69, 9.17) is 4.74 Å². The van der Waals surface area contributed by atoms with E-state index in [0.29, 0.717) is 19.6 Å². The van der Waals surface area contributed by atoms with Crippen molar-refractivity contribution in [2.75, 3.05) is 25.6 Å². The number of anilines is 1. The van der Waals surface area contributed by atoms with Gasteiger partial charge in [-0.05, 0) is 30.5 Å². The first kappa shape index (κ1) is 18.2. The normalized spacial score (nSPS) is 10.5. The zero-order valence-corrected chi connectivity index (χ0v) is 13.6. The van der Waals surface area contributed by atoms with E-state index in [2.05, 4.69) is 10.6 Å². The number of rotatable bonds is 9. The zero-order valence-electron chi connectivity index (χ0n) is 13.6. The van der Waals surface area contributed by atoms with E-state index in [-0.39, 0.29) is 17.7 Å². The fraction of sp³-hybridized carbons (Fsp3) is 0.529. The fourth-order valence-electron chi connectivity index (χ4n) is 2.15. The van der Waals surface area contributed by atoms with E-state index in [1.165, 1.54) is 0 Å². The van der Waals surface area contributed by atoms with Crippen LogP contribution in [0.5, 0.6) is 0 Å². The van der Waals surface area contributed by atoms with Gasteiger partial charge in [-0.25, -0.2) is 0 Å². The summed E-state index contributed by atoms with van der Waals surface area (Å²) in [6.45, 7) is 5.05. The minimum absolute atomic E-state index is 0.0362. The first-order valence-electron chi connectivity index (χ1n) is 7.76. The van der Waals surface area contributed by atoms with Crippen LogP contribution in [-0.4, -0.2) is 32.1 Å². The maximum absolute atomic E-state index is 12.0. The van der Waals surface area contributed by atoms with Crippen molar-refractivity contribution >= 4 is 17.5 Å². The van der Waals surface area contributed by atoms with Gasteiger partial charge in [-0.3, -0.25) is 9.59 Å². The molecule has 0 unspecified atom stereocenters. The minimum Gasteiger partial charge on any atom is -0.383 e. The lowest BCUT2D eigenvalue weighted by Gasteiger charge is -2.13. The molecule has 0 radical (unpaired) electrons. The number of carbonyl (C=O) groups is 2. The summed E-state index contributed by atoms with van der Waals surface area (Å²) in [7, 11) is 1.60. The van der Waals surface area contributed by atoms with Crippen molar-refractivity contribution in [2.24, 2.45) is 5.92 Å². The number of amides is 2. The van der Waals surface area contributed by atoms with Gasteiger partial charge in [0.1, 0.15) is 0 Å². The van der Waals surface area contributed by atoms with Gasteiger partial charge in [0.05, 0.1) is 13.0 Å². The van der Waals surface area contributed by atoms with Crippen LogP contribution in [0.2, 0.25) is 0 Å². The lowest BCUT2D eigenvalue weighted by atomic mass is 10.0. The Morgan fingerprint density at radius 2 is 1.77 bits per heavy atom. The third-order valence-electron chi connectivity index (χ3n) is 3.57. The number of methoxy groups -OCH3 is 1. The Labute approximate surface area is 132 Å². The highest BCUT2D eigenvalue weighted by molar-refractivity contribution is 5.92. The Kier molecular flexibility index (Phi) is 8.22. The van der Waals surface area contributed by atoms with E-state index in [9.17, 15) is 9.59 Å². The largest absolute Gasteiger partial charge is 0.383 e. The Morgan fingerprint density at radius 3 is 2.32 bits per heavy atom. The van der Waals surface area contributed by atoms with Gasteiger partial charge < -0.3 is 15.4 Å². The number of nitrogens with one attached hydrogen (secondary N) is 2. The molecule has 2 N–H and O–H groups in total. The molecule has 0 spiro atoms. The van der Waals surface area contributed by atoms with Crippen LogP contribution in [-0.2, 0) is 20.7 Å². The Bertz CT molecular complexity index is 467. The molecule has 0 heterocycles. The van der Waals surface area contributed by atoms with Crippen molar-refractivity contribution in [3.8, 4) is 0 Å². The number of hydrogen-bond acceptors (Lipinski definition) is 3. The van der Waals surface area contributed by atoms with Crippen molar-refractivity contribution in [2.45, 2.75) is 33.1 Å². The number of ether oxygens (including phenoxy) is 1. The van der Waals surface area contributed by atoms with Crippen LogP contribution in [0.1, 0.15) is 32.3 Å². The highest BCUT2D eigenvalue weighted by atomic mass is 16.5. The molecule has 5 heteroatoms. The van der Waals surface area contributed by atoms with Crippen LogP contribution < -0.4 is 10.6 Å². The van der Waals surface area contributed by atoms with Crippen molar-refractivity contribution < 1.29 is 14.3 Å². The molecular weight excluding hydrogens is 280 g/mol. The second-order valence-corrected chi connectivity index (χ2v) is 5.22. The molecule has 0 fully saturated rings. The maximum Gasteiger partial charge on any atom is 0.227 e. The molecule has 0 aromatic heterocycles. The van der Waals surface area contributed by atoms with Gasteiger partial charge in [0.25, 0.3) is 0 Å². The summed E-state index contributed by atoms with van der Waals surface area (Å²) < 4.78 is 4.88. The average Bonchev–Trinajstić information content (AvgIpc) is 2.51. The van der Waals surface area contributed by atoms with Gasteiger partial charge in [0.2, 0.25) is 11.8 Å². The number of benzene rings is 1. The van der Waals surface area contributed by atoms with Gasteiger partial charge in [-0.15, -0.1) is 0 Å². The van der Waals surface area contributed by atoms with Gasteiger partial charge in [0.15, 0.2) is 0 Å². The molecule has 1 rings (SSSR count). The summed E-state index contributed by atoms with van der Waals surface area (Å²) in [5.74, 6) is 0.0622. The van der Waals surface area contributed by atoms with Crippen molar-refractivity contribution in [3.05, 3.63) is 29.8 Å². The molecule has 1 aromatic carbocycles. The van der Waals surface area contributed by atoms with Crippen molar-refractivity contribution in [3.63, 3.8) is 0 Å². The molecule has 0 bridgehead atoms. The summed E-state index contributed by atoms with van der Waals surface area (Å²) in [4.78, 5) is 23.7. The van der Waals surface area contributed by atoms with Crippen LogP contribution in [0.4, 0.5) is 5.69 Å². The van der Waals surface area contributed by atoms with E-state index < -0.39 is 0 Å². The Hall–Kier alpha value is -1.88. The number of hydrogen-bond donors (Lipinski definition) is 2. The van der Waals surface area contributed by atoms with Crippen LogP contribution in [0.15, 0.2) is 24.3 Å². The highest BCUT2D eigenvalue weighted by Crippen LogP contribution is 2.14. The third kappa shape index (κ3) is 6.26. The van der Waals surface area contributed by atoms with Gasteiger partial charge in [-0.2, -0.15) is 0 Å². The van der Waals surface area contributed by atoms with Crippen LogP contribution in [0.25, 0.3) is 0 Å². The second kappa shape index (κ2) is 9.95. The average molecular weight is 306 g/mol. The predicted octanol–water partition coefficient (Wildman–Crippen LogP) is 2.37. The first-order chi connectivity index (χ1) is 10.6. The van der Waals surface area contributed by atoms with Crippen LogP contribution in [0.3, 0.4) is 0 Å². The third-order valence-corrected chi connectivity index (χ3v) is 3.57. The van der Waals surface area contributed by atoms with E-state index >= 15 is 0 Å². The molecule has 0 aliphatic rings. The quantitative estimate of drug-likeness (QED) is 0.688. The van der Waals surface area contributed by atoms with E-state index in [1.807, 2.05) is 38.1 Å². The zero-order chi connectivity index (χ0) is 16.4.